The largest absolute Gasteiger partial charge is 0.458 e. The Morgan fingerprint density at radius 1 is 1.32 bits per heavy atom. The van der Waals surface area contributed by atoms with Crippen molar-refractivity contribution in [2.75, 3.05) is 13.7 Å². The van der Waals surface area contributed by atoms with E-state index in [9.17, 15) is 0 Å². The quantitative estimate of drug-likeness (QED) is 0.721. The third-order valence-corrected chi connectivity index (χ3v) is 2.98. The number of hydrogen-bond acceptors (Lipinski definition) is 4. The van der Waals surface area contributed by atoms with E-state index < -0.39 is 0 Å². The van der Waals surface area contributed by atoms with Crippen LogP contribution in [-0.2, 0) is 11.3 Å². The van der Waals surface area contributed by atoms with Gasteiger partial charge in [0.1, 0.15) is 11.3 Å². The summed E-state index contributed by atoms with van der Waals surface area (Å²) >= 11 is 0. The van der Waals surface area contributed by atoms with Gasteiger partial charge in [0.25, 0.3) is 0 Å². The number of fused-ring (bicyclic) bond motifs is 1. The molecule has 0 aromatic carbocycles. The second kappa shape index (κ2) is 4.85. The Balaban J connectivity index is 2.16. The zero-order valence-corrected chi connectivity index (χ0v) is 11.0. The number of furan rings is 1. The predicted octanol–water partition coefficient (Wildman–Crippen LogP) is 2.65. The lowest BCUT2D eigenvalue weighted by Gasteiger charge is -2.05. The van der Waals surface area contributed by atoms with Crippen LogP contribution in [0.25, 0.3) is 22.7 Å². The monoisotopic (exact) mass is 257 g/mol. The summed E-state index contributed by atoms with van der Waals surface area (Å²) in [4.78, 5) is 8.99. The van der Waals surface area contributed by atoms with Crippen molar-refractivity contribution in [2.45, 2.75) is 13.5 Å². The molecule has 0 spiro atoms. The maximum absolute atomic E-state index is 5.67. The molecule has 0 atom stereocenters. The van der Waals surface area contributed by atoms with Gasteiger partial charge in [0, 0.05) is 19.9 Å². The van der Waals surface area contributed by atoms with E-state index in [1.807, 2.05) is 35.8 Å². The van der Waals surface area contributed by atoms with Gasteiger partial charge in [0.05, 0.1) is 6.61 Å². The van der Waals surface area contributed by atoms with E-state index in [-0.39, 0.29) is 0 Å². The molecule has 0 fully saturated rings. The molecule has 0 radical (unpaired) electrons. The van der Waals surface area contributed by atoms with Crippen molar-refractivity contribution in [2.24, 2.45) is 0 Å². The van der Waals surface area contributed by atoms with Gasteiger partial charge < -0.3 is 13.7 Å². The Kier molecular flexibility index (Phi) is 3.05. The van der Waals surface area contributed by atoms with Gasteiger partial charge in [-0.25, -0.2) is 9.97 Å². The lowest BCUT2D eigenvalue weighted by Crippen LogP contribution is -2.06. The van der Waals surface area contributed by atoms with Crippen LogP contribution in [0, 0.1) is 6.92 Å². The summed E-state index contributed by atoms with van der Waals surface area (Å²) in [5.74, 6) is 2.42. The van der Waals surface area contributed by atoms with Gasteiger partial charge in [-0.2, -0.15) is 0 Å². The average Bonchev–Trinajstić information content (AvgIpc) is 3.00. The smallest absolute Gasteiger partial charge is 0.178 e. The molecular weight excluding hydrogens is 242 g/mol. The molecule has 0 N–H and O–H groups in total. The highest BCUT2D eigenvalue weighted by Crippen LogP contribution is 2.25. The van der Waals surface area contributed by atoms with E-state index in [4.69, 9.17) is 9.15 Å². The fraction of sp³-hybridized carbons (Fsp3) is 0.286. The van der Waals surface area contributed by atoms with Gasteiger partial charge >= 0.3 is 0 Å². The van der Waals surface area contributed by atoms with Gasteiger partial charge in [-0.1, -0.05) is 0 Å². The fourth-order valence-electron chi connectivity index (χ4n) is 2.10. The molecule has 0 saturated carbocycles. The van der Waals surface area contributed by atoms with Crippen LogP contribution in [0.2, 0.25) is 0 Å². The van der Waals surface area contributed by atoms with Crippen LogP contribution in [0.4, 0.5) is 0 Å². The molecule has 0 bridgehead atoms. The summed E-state index contributed by atoms with van der Waals surface area (Å²) in [5.41, 5.74) is 1.71. The number of aromatic nitrogens is 3. The molecule has 5 heteroatoms. The molecule has 0 saturated heterocycles. The Hall–Kier alpha value is -2.14. The van der Waals surface area contributed by atoms with Crippen LogP contribution >= 0.6 is 0 Å². The molecule has 3 heterocycles. The van der Waals surface area contributed by atoms with Gasteiger partial charge in [-0.15, -0.1) is 0 Å². The number of ether oxygens (including phenoxy) is 1. The van der Waals surface area contributed by atoms with Crippen LogP contribution in [0.1, 0.15) is 5.76 Å². The third-order valence-electron chi connectivity index (χ3n) is 2.98. The Labute approximate surface area is 110 Å². The number of nitrogens with zero attached hydrogens (tertiary/aromatic N) is 3. The summed E-state index contributed by atoms with van der Waals surface area (Å²) < 4.78 is 12.8. The Bertz CT molecular complexity index is 700. The number of imidazole rings is 1. The van der Waals surface area contributed by atoms with E-state index in [0.717, 1.165) is 28.5 Å². The van der Waals surface area contributed by atoms with Crippen molar-refractivity contribution < 1.29 is 9.15 Å². The molecule has 0 unspecified atom stereocenters. The van der Waals surface area contributed by atoms with Crippen molar-refractivity contribution >= 4 is 11.2 Å². The van der Waals surface area contributed by atoms with E-state index >= 15 is 0 Å². The maximum atomic E-state index is 5.67. The molecule has 0 aliphatic heterocycles. The first kappa shape index (κ1) is 11.9. The summed E-state index contributed by atoms with van der Waals surface area (Å²) in [6.07, 6.45) is 1.77. The fourth-order valence-corrected chi connectivity index (χ4v) is 2.10. The summed E-state index contributed by atoms with van der Waals surface area (Å²) in [6.45, 7) is 3.22. The molecular formula is C14H15N3O2. The molecule has 19 heavy (non-hydrogen) atoms. The van der Waals surface area contributed by atoms with Crippen LogP contribution in [0.15, 0.2) is 34.9 Å². The molecule has 0 aliphatic rings. The molecule has 3 aromatic heterocycles. The molecule has 5 nitrogen and oxygen atoms in total. The van der Waals surface area contributed by atoms with Crippen molar-refractivity contribution in [3.8, 4) is 11.6 Å². The summed E-state index contributed by atoms with van der Waals surface area (Å²) in [7, 11) is 1.68. The first-order valence-electron chi connectivity index (χ1n) is 6.16. The Morgan fingerprint density at radius 2 is 2.21 bits per heavy atom. The van der Waals surface area contributed by atoms with Crippen LogP contribution < -0.4 is 0 Å². The van der Waals surface area contributed by atoms with E-state index in [2.05, 4.69) is 9.97 Å². The standard InChI is InChI=1S/C14H15N3O2/c1-10-5-6-12(19-10)14-16-11-4-3-7-15-13(11)17(14)8-9-18-2/h3-7H,8-9H2,1-2H3. The van der Waals surface area contributed by atoms with Gasteiger partial charge in [-0.05, 0) is 31.2 Å². The highest BCUT2D eigenvalue weighted by atomic mass is 16.5. The lowest BCUT2D eigenvalue weighted by molar-refractivity contribution is 0.188. The number of aryl methyl sites for hydroxylation is 1. The number of methoxy groups -OCH3 is 1. The molecule has 3 aromatic rings. The first-order chi connectivity index (χ1) is 9.29. The second-order valence-electron chi connectivity index (χ2n) is 4.34. The van der Waals surface area contributed by atoms with Gasteiger partial charge in [-0.3, -0.25) is 0 Å². The number of rotatable bonds is 4. The number of hydrogen-bond donors (Lipinski definition) is 0. The summed E-state index contributed by atoms with van der Waals surface area (Å²) in [6, 6.07) is 7.70. The normalized spacial score (nSPS) is 11.3. The highest BCUT2D eigenvalue weighted by Gasteiger charge is 2.15. The SMILES string of the molecule is COCCn1c(-c2ccc(C)o2)nc2cccnc21. The van der Waals surface area contributed by atoms with E-state index in [1.165, 1.54) is 0 Å². The minimum absolute atomic E-state index is 0.606. The van der Waals surface area contributed by atoms with Gasteiger partial charge in [0.15, 0.2) is 17.2 Å². The minimum atomic E-state index is 0.606. The van der Waals surface area contributed by atoms with Crippen LogP contribution in [-0.4, -0.2) is 28.3 Å². The highest BCUT2D eigenvalue weighted by molar-refractivity contribution is 5.75. The first-order valence-corrected chi connectivity index (χ1v) is 6.16. The number of pyridine rings is 1. The third kappa shape index (κ3) is 2.13. The molecule has 98 valence electrons. The second-order valence-corrected chi connectivity index (χ2v) is 4.34. The van der Waals surface area contributed by atoms with Crippen molar-refractivity contribution in [3.05, 3.63) is 36.2 Å². The zero-order chi connectivity index (χ0) is 13.2. The minimum Gasteiger partial charge on any atom is -0.458 e. The molecule has 0 amide bonds. The topological polar surface area (TPSA) is 53.1 Å². The van der Waals surface area contributed by atoms with Crippen molar-refractivity contribution in [1.82, 2.24) is 14.5 Å². The maximum Gasteiger partial charge on any atom is 0.178 e. The van der Waals surface area contributed by atoms with Crippen molar-refractivity contribution in [3.63, 3.8) is 0 Å². The van der Waals surface area contributed by atoms with Crippen LogP contribution in [0.3, 0.4) is 0 Å². The van der Waals surface area contributed by atoms with Gasteiger partial charge in [0.2, 0.25) is 0 Å². The summed E-state index contributed by atoms with van der Waals surface area (Å²) in [5, 5.41) is 0. The molecule has 0 aliphatic carbocycles. The predicted molar refractivity (Wildman–Crippen MR) is 71.8 cm³/mol. The van der Waals surface area contributed by atoms with E-state index in [0.29, 0.717) is 13.2 Å². The zero-order valence-electron chi connectivity index (χ0n) is 11.0. The van der Waals surface area contributed by atoms with E-state index in [1.54, 1.807) is 13.3 Å². The molecule has 3 rings (SSSR count). The lowest BCUT2D eigenvalue weighted by atomic mass is 10.4. The van der Waals surface area contributed by atoms with Crippen LogP contribution in [0.5, 0.6) is 0 Å². The van der Waals surface area contributed by atoms with Crippen molar-refractivity contribution in [1.29, 1.82) is 0 Å². The Morgan fingerprint density at radius 3 is 2.95 bits per heavy atom. The average molecular weight is 257 g/mol.